The number of carboxylic acid groups (broad SMARTS) is 1. The van der Waals surface area contributed by atoms with E-state index in [1.165, 1.54) is 12.1 Å². The first-order valence-corrected chi connectivity index (χ1v) is 9.99. The Kier molecular flexibility index (Phi) is 5.79. The number of amides is 1. The van der Waals surface area contributed by atoms with Crippen molar-refractivity contribution in [1.29, 1.82) is 0 Å². The molecular formula is C21H19ClFN3O5. The molecule has 4 rings (SSSR count). The molecule has 1 aliphatic heterocycles. The molecule has 1 saturated heterocycles. The molecule has 0 spiro atoms. The Hall–Kier alpha value is -3.17. The summed E-state index contributed by atoms with van der Waals surface area (Å²) >= 11 is 5.79. The fourth-order valence-corrected chi connectivity index (χ4v) is 4.00. The topological polar surface area (TPSA) is 105 Å². The van der Waals surface area contributed by atoms with Gasteiger partial charge in [-0.1, -0.05) is 29.8 Å². The minimum Gasteiger partial charge on any atom is -0.465 e. The molecule has 1 aliphatic rings. The molecule has 0 unspecified atom stereocenters. The Labute approximate surface area is 180 Å². The van der Waals surface area contributed by atoms with Crippen molar-refractivity contribution >= 4 is 28.6 Å². The van der Waals surface area contributed by atoms with E-state index in [-0.39, 0.29) is 31.3 Å². The Morgan fingerprint density at radius 2 is 2.03 bits per heavy atom. The highest BCUT2D eigenvalue weighted by molar-refractivity contribution is 6.30. The molecule has 2 heterocycles. The highest BCUT2D eigenvalue weighted by atomic mass is 35.5. The van der Waals surface area contributed by atoms with Gasteiger partial charge in [0.25, 0.3) is 5.56 Å². The van der Waals surface area contributed by atoms with Gasteiger partial charge in [0.1, 0.15) is 5.82 Å². The van der Waals surface area contributed by atoms with Crippen molar-refractivity contribution in [2.24, 2.45) is 5.92 Å². The zero-order chi connectivity index (χ0) is 22.1. The van der Waals surface area contributed by atoms with Crippen LogP contribution in [0, 0.1) is 11.7 Å². The van der Waals surface area contributed by atoms with Crippen molar-refractivity contribution in [1.82, 2.24) is 14.5 Å². The lowest BCUT2D eigenvalue weighted by Gasteiger charge is -2.27. The molecule has 3 aromatic rings. The number of benzene rings is 2. The number of aromatic nitrogens is 2. The third-order valence-electron chi connectivity index (χ3n) is 5.39. The van der Waals surface area contributed by atoms with Crippen LogP contribution >= 0.6 is 11.6 Å². The number of fused-ring (bicyclic) bond motifs is 1. The molecule has 0 radical (unpaired) electrons. The lowest BCUT2D eigenvalue weighted by atomic mass is 9.94. The number of nitrogens with one attached hydrogen (secondary N) is 1. The molecule has 10 heteroatoms. The van der Waals surface area contributed by atoms with Gasteiger partial charge in [0.2, 0.25) is 0 Å². The third kappa shape index (κ3) is 4.19. The van der Waals surface area contributed by atoms with Crippen molar-refractivity contribution in [2.75, 3.05) is 19.7 Å². The first kappa shape index (κ1) is 21.1. The Balaban J connectivity index is 1.78. The maximum atomic E-state index is 14.1. The van der Waals surface area contributed by atoms with E-state index >= 15 is 0 Å². The second-order valence-electron chi connectivity index (χ2n) is 7.35. The molecule has 8 nitrogen and oxygen atoms in total. The van der Waals surface area contributed by atoms with E-state index in [9.17, 15) is 23.9 Å². The standard InChI is InChI=1S/C21H19ClFN3O5/c22-15-6-5-12(9-16(15)23)18-13(10-25(21(29)30)7-8-31-18)11-26-19(27)14-3-1-2-4-17(14)24-20(26)28/h1-6,9,13,18H,7-8,10-11H2,(H,24,28)(H,29,30)/t13-,18+/m1/s1. The molecule has 1 amide bonds. The first-order chi connectivity index (χ1) is 14.8. The van der Waals surface area contributed by atoms with E-state index in [2.05, 4.69) is 4.98 Å². The summed E-state index contributed by atoms with van der Waals surface area (Å²) in [6, 6.07) is 10.8. The van der Waals surface area contributed by atoms with Crippen molar-refractivity contribution in [3.8, 4) is 0 Å². The maximum absolute atomic E-state index is 14.1. The molecule has 2 atom stereocenters. The van der Waals surface area contributed by atoms with Crippen LogP contribution in [0.15, 0.2) is 52.1 Å². The summed E-state index contributed by atoms with van der Waals surface area (Å²) in [7, 11) is 0. The third-order valence-corrected chi connectivity index (χ3v) is 5.70. The number of rotatable bonds is 3. The van der Waals surface area contributed by atoms with Gasteiger partial charge in [-0.15, -0.1) is 0 Å². The zero-order valence-corrected chi connectivity index (χ0v) is 17.0. The number of hydrogen-bond acceptors (Lipinski definition) is 4. The van der Waals surface area contributed by atoms with Crippen LogP contribution in [0.1, 0.15) is 11.7 Å². The molecule has 0 saturated carbocycles. The molecule has 0 aliphatic carbocycles. The zero-order valence-electron chi connectivity index (χ0n) is 16.3. The van der Waals surface area contributed by atoms with Crippen molar-refractivity contribution in [2.45, 2.75) is 12.6 Å². The average molecular weight is 448 g/mol. The summed E-state index contributed by atoms with van der Waals surface area (Å²) in [5, 5.41) is 9.77. The highest BCUT2D eigenvalue weighted by Crippen LogP contribution is 2.32. The monoisotopic (exact) mass is 447 g/mol. The summed E-state index contributed by atoms with van der Waals surface area (Å²) in [6.07, 6.45) is -1.88. The van der Waals surface area contributed by atoms with E-state index in [1.807, 2.05) is 0 Å². The largest absolute Gasteiger partial charge is 0.465 e. The smallest absolute Gasteiger partial charge is 0.407 e. The van der Waals surface area contributed by atoms with Crippen LogP contribution in [0.4, 0.5) is 9.18 Å². The lowest BCUT2D eigenvalue weighted by molar-refractivity contribution is 0.0245. The van der Waals surface area contributed by atoms with Crippen LogP contribution in [-0.4, -0.2) is 45.3 Å². The van der Waals surface area contributed by atoms with Gasteiger partial charge >= 0.3 is 11.8 Å². The van der Waals surface area contributed by atoms with Gasteiger partial charge in [0.15, 0.2) is 0 Å². The number of aromatic amines is 1. The lowest BCUT2D eigenvalue weighted by Crippen LogP contribution is -2.42. The Morgan fingerprint density at radius 3 is 2.77 bits per heavy atom. The number of ether oxygens (including phenoxy) is 1. The second kappa shape index (κ2) is 8.52. The summed E-state index contributed by atoms with van der Waals surface area (Å²) in [5.74, 6) is -1.26. The van der Waals surface area contributed by atoms with Crippen LogP contribution in [-0.2, 0) is 11.3 Å². The number of halogens is 2. The van der Waals surface area contributed by atoms with Gasteiger partial charge in [-0.05, 0) is 29.8 Å². The summed E-state index contributed by atoms with van der Waals surface area (Å²) in [6.45, 7) is 0.0860. The van der Waals surface area contributed by atoms with Crippen molar-refractivity contribution in [3.05, 3.63) is 79.7 Å². The normalized spacial score (nSPS) is 19.4. The molecular weight excluding hydrogens is 429 g/mol. The molecule has 0 bridgehead atoms. The Bertz CT molecular complexity index is 1260. The van der Waals surface area contributed by atoms with E-state index in [0.29, 0.717) is 16.5 Å². The predicted molar refractivity (Wildman–Crippen MR) is 112 cm³/mol. The fraction of sp³-hybridized carbons (Fsp3) is 0.286. The maximum Gasteiger partial charge on any atom is 0.407 e. The van der Waals surface area contributed by atoms with E-state index in [0.717, 1.165) is 9.47 Å². The molecule has 1 fully saturated rings. The second-order valence-corrected chi connectivity index (χ2v) is 7.75. The summed E-state index contributed by atoms with van der Waals surface area (Å²) in [5.41, 5.74) is -0.249. The number of carbonyl (C=O) groups is 1. The SMILES string of the molecule is O=C(O)N1CCO[C@@H](c2ccc(Cl)c(F)c2)[C@@H](Cn2c(=O)[nH]c3ccccc3c2=O)C1. The van der Waals surface area contributed by atoms with Crippen LogP contribution in [0.25, 0.3) is 10.9 Å². The highest BCUT2D eigenvalue weighted by Gasteiger charge is 2.32. The van der Waals surface area contributed by atoms with Gasteiger partial charge in [0.05, 0.1) is 28.6 Å². The molecule has 31 heavy (non-hydrogen) atoms. The summed E-state index contributed by atoms with van der Waals surface area (Å²) < 4.78 is 21.0. The Morgan fingerprint density at radius 1 is 1.26 bits per heavy atom. The van der Waals surface area contributed by atoms with E-state index < -0.39 is 35.2 Å². The minimum atomic E-state index is -1.14. The van der Waals surface area contributed by atoms with E-state index in [4.69, 9.17) is 16.3 Å². The number of nitrogens with zero attached hydrogens (tertiary/aromatic N) is 2. The summed E-state index contributed by atoms with van der Waals surface area (Å²) in [4.78, 5) is 41.0. The first-order valence-electron chi connectivity index (χ1n) is 9.61. The van der Waals surface area contributed by atoms with E-state index in [1.54, 1.807) is 30.3 Å². The quantitative estimate of drug-likeness (QED) is 0.642. The van der Waals surface area contributed by atoms with Gasteiger partial charge in [0, 0.05) is 25.6 Å². The average Bonchev–Trinajstić information content (AvgIpc) is 2.96. The molecule has 1 aromatic heterocycles. The number of H-pyrrole nitrogens is 1. The van der Waals surface area contributed by atoms with Crippen LogP contribution in [0.3, 0.4) is 0 Å². The van der Waals surface area contributed by atoms with Crippen molar-refractivity contribution in [3.63, 3.8) is 0 Å². The number of para-hydroxylation sites is 1. The van der Waals surface area contributed by atoms with Crippen molar-refractivity contribution < 1.29 is 19.0 Å². The predicted octanol–water partition coefficient (Wildman–Crippen LogP) is 2.85. The van der Waals surface area contributed by atoms with Gasteiger partial charge in [-0.25, -0.2) is 14.0 Å². The van der Waals surface area contributed by atoms with Crippen LogP contribution < -0.4 is 11.2 Å². The van der Waals surface area contributed by atoms with Gasteiger partial charge in [-0.2, -0.15) is 0 Å². The molecule has 2 aromatic carbocycles. The van der Waals surface area contributed by atoms with Gasteiger partial charge < -0.3 is 19.7 Å². The fourth-order valence-electron chi connectivity index (χ4n) is 3.88. The minimum absolute atomic E-state index is 0.00293. The molecule has 2 N–H and O–H groups in total. The van der Waals surface area contributed by atoms with Crippen LogP contribution in [0.5, 0.6) is 0 Å². The van der Waals surface area contributed by atoms with Gasteiger partial charge in [-0.3, -0.25) is 9.36 Å². The number of hydrogen-bond donors (Lipinski definition) is 2. The van der Waals surface area contributed by atoms with Crippen LogP contribution in [0.2, 0.25) is 5.02 Å². The molecule has 162 valence electrons.